The SMILES string of the molecule is COCCOC1CCC(NC(=O)c2cc(C)nc(Cl)c2)CC1. The lowest BCUT2D eigenvalue weighted by molar-refractivity contribution is -0.00408. The van der Waals surface area contributed by atoms with Crippen LogP contribution in [-0.2, 0) is 9.47 Å². The molecule has 22 heavy (non-hydrogen) atoms. The van der Waals surface area contributed by atoms with E-state index in [9.17, 15) is 4.79 Å². The highest BCUT2D eigenvalue weighted by molar-refractivity contribution is 6.29. The Morgan fingerprint density at radius 2 is 2.05 bits per heavy atom. The molecule has 0 unspecified atom stereocenters. The zero-order valence-corrected chi connectivity index (χ0v) is 13.9. The summed E-state index contributed by atoms with van der Waals surface area (Å²) in [6.07, 6.45) is 4.07. The van der Waals surface area contributed by atoms with E-state index in [1.54, 1.807) is 19.2 Å². The normalized spacial score (nSPS) is 21.6. The Morgan fingerprint density at radius 3 is 2.68 bits per heavy atom. The van der Waals surface area contributed by atoms with Gasteiger partial charge in [0.15, 0.2) is 0 Å². The smallest absolute Gasteiger partial charge is 0.251 e. The summed E-state index contributed by atoms with van der Waals surface area (Å²) in [5.41, 5.74) is 1.31. The highest BCUT2D eigenvalue weighted by Gasteiger charge is 2.23. The Bertz CT molecular complexity index is 482. The Kier molecular flexibility index (Phi) is 6.61. The second-order valence-corrected chi connectivity index (χ2v) is 6.02. The van der Waals surface area contributed by atoms with E-state index in [-0.39, 0.29) is 18.1 Å². The Balaban J connectivity index is 1.79. The minimum absolute atomic E-state index is 0.0869. The molecule has 1 amide bonds. The molecule has 0 spiro atoms. The quantitative estimate of drug-likeness (QED) is 0.645. The lowest BCUT2D eigenvalue weighted by atomic mass is 9.92. The van der Waals surface area contributed by atoms with E-state index >= 15 is 0 Å². The molecule has 1 heterocycles. The number of pyridine rings is 1. The molecule has 1 N–H and O–H groups in total. The number of rotatable bonds is 6. The average molecular weight is 327 g/mol. The van der Waals surface area contributed by atoms with E-state index in [1.807, 2.05) is 6.92 Å². The van der Waals surface area contributed by atoms with E-state index in [0.29, 0.717) is 23.9 Å². The molecule has 0 saturated heterocycles. The van der Waals surface area contributed by atoms with Gasteiger partial charge in [0, 0.05) is 24.4 Å². The van der Waals surface area contributed by atoms with Crippen LogP contribution in [0.4, 0.5) is 0 Å². The number of carbonyl (C=O) groups excluding carboxylic acids is 1. The summed E-state index contributed by atoms with van der Waals surface area (Å²) in [5.74, 6) is -0.0869. The molecule has 0 bridgehead atoms. The summed E-state index contributed by atoms with van der Waals surface area (Å²) in [6.45, 7) is 3.08. The van der Waals surface area contributed by atoms with Crippen molar-refractivity contribution in [3.05, 3.63) is 28.5 Å². The lowest BCUT2D eigenvalue weighted by Gasteiger charge is -2.29. The van der Waals surface area contributed by atoms with Gasteiger partial charge in [-0.25, -0.2) is 4.98 Å². The number of ether oxygens (including phenoxy) is 2. The van der Waals surface area contributed by atoms with Crippen molar-refractivity contribution in [2.75, 3.05) is 20.3 Å². The zero-order chi connectivity index (χ0) is 15.9. The third-order valence-electron chi connectivity index (χ3n) is 3.83. The van der Waals surface area contributed by atoms with Gasteiger partial charge in [-0.05, 0) is 44.7 Å². The van der Waals surface area contributed by atoms with Crippen LogP contribution in [0, 0.1) is 6.92 Å². The van der Waals surface area contributed by atoms with E-state index < -0.39 is 0 Å². The van der Waals surface area contributed by atoms with Crippen molar-refractivity contribution < 1.29 is 14.3 Å². The van der Waals surface area contributed by atoms with Crippen molar-refractivity contribution in [1.82, 2.24) is 10.3 Å². The fourth-order valence-corrected chi connectivity index (χ4v) is 2.95. The third-order valence-corrected chi connectivity index (χ3v) is 4.03. The number of halogens is 1. The molecule has 1 fully saturated rings. The van der Waals surface area contributed by atoms with Gasteiger partial charge >= 0.3 is 0 Å². The van der Waals surface area contributed by atoms with Crippen LogP contribution in [-0.4, -0.2) is 43.4 Å². The summed E-state index contributed by atoms with van der Waals surface area (Å²) < 4.78 is 10.7. The molecule has 0 aromatic carbocycles. The van der Waals surface area contributed by atoms with Gasteiger partial charge in [0.25, 0.3) is 5.91 Å². The van der Waals surface area contributed by atoms with Crippen molar-refractivity contribution in [1.29, 1.82) is 0 Å². The van der Waals surface area contributed by atoms with Gasteiger partial charge in [-0.15, -0.1) is 0 Å². The fraction of sp³-hybridized carbons (Fsp3) is 0.625. The first kappa shape index (κ1) is 17.2. The van der Waals surface area contributed by atoms with E-state index in [0.717, 1.165) is 31.4 Å². The van der Waals surface area contributed by atoms with Crippen molar-refractivity contribution in [2.45, 2.75) is 44.8 Å². The minimum Gasteiger partial charge on any atom is -0.382 e. The zero-order valence-electron chi connectivity index (χ0n) is 13.1. The summed E-state index contributed by atoms with van der Waals surface area (Å²) in [6, 6.07) is 3.55. The van der Waals surface area contributed by atoms with Crippen LogP contribution in [0.3, 0.4) is 0 Å². The number of aromatic nitrogens is 1. The number of hydrogen-bond donors (Lipinski definition) is 1. The van der Waals surface area contributed by atoms with Crippen molar-refractivity contribution in [3.63, 3.8) is 0 Å². The molecule has 2 rings (SSSR count). The van der Waals surface area contributed by atoms with E-state index in [2.05, 4.69) is 10.3 Å². The number of nitrogens with zero attached hydrogens (tertiary/aromatic N) is 1. The predicted molar refractivity (Wildman–Crippen MR) is 85.3 cm³/mol. The van der Waals surface area contributed by atoms with Gasteiger partial charge in [0.05, 0.1) is 19.3 Å². The van der Waals surface area contributed by atoms with Crippen LogP contribution in [0.15, 0.2) is 12.1 Å². The first-order chi connectivity index (χ1) is 10.6. The molecule has 122 valence electrons. The summed E-state index contributed by atoms with van der Waals surface area (Å²) in [7, 11) is 1.67. The molecule has 0 radical (unpaired) electrons. The Morgan fingerprint density at radius 1 is 1.32 bits per heavy atom. The first-order valence-electron chi connectivity index (χ1n) is 7.64. The molecule has 1 aliphatic carbocycles. The van der Waals surface area contributed by atoms with Gasteiger partial charge in [0.2, 0.25) is 0 Å². The van der Waals surface area contributed by atoms with Crippen LogP contribution < -0.4 is 5.32 Å². The van der Waals surface area contributed by atoms with Crippen molar-refractivity contribution in [2.24, 2.45) is 0 Å². The summed E-state index contributed by atoms with van der Waals surface area (Å²) in [5, 5.41) is 3.42. The van der Waals surface area contributed by atoms with Gasteiger partial charge in [-0.2, -0.15) is 0 Å². The molecule has 5 nitrogen and oxygen atoms in total. The molecular weight excluding hydrogens is 304 g/mol. The van der Waals surface area contributed by atoms with Gasteiger partial charge in [0.1, 0.15) is 5.15 Å². The maximum Gasteiger partial charge on any atom is 0.251 e. The molecule has 0 aliphatic heterocycles. The van der Waals surface area contributed by atoms with Crippen molar-refractivity contribution in [3.8, 4) is 0 Å². The van der Waals surface area contributed by atoms with Crippen LogP contribution in [0.2, 0.25) is 5.15 Å². The minimum atomic E-state index is -0.0869. The summed E-state index contributed by atoms with van der Waals surface area (Å²) >= 11 is 5.90. The van der Waals surface area contributed by atoms with Gasteiger partial charge in [-0.3, -0.25) is 4.79 Å². The topological polar surface area (TPSA) is 60.5 Å². The van der Waals surface area contributed by atoms with Crippen LogP contribution in [0.5, 0.6) is 0 Å². The van der Waals surface area contributed by atoms with Crippen LogP contribution in [0.1, 0.15) is 41.7 Å². The maximum atomic E-state index is 12.3. The fourth-order valence-electron chi connectivity index (χ4n) is 2.70. The third kappa shape index (κ3) is 5.23. The lowest BCUT2D eigenvalue weighted by Crippen LogP contribution is -2.39. The Labute approximate surface area is 136 Å². The molecule has 0 atom stereocenters. The number of nitrogens with one attached hydrogen (secondary N) is 1. The molecule has 1 aromatic rings. The van der Waals surface area contributed by atoms with E-state index in [4.69, 9.17) is 21.1 Å². The molecular formula is C16H23ClN2O3. The molecule has 6 heteroatoms. The average Bonchev–Trinajstić information content (AvgIpc) is 2.48. The second kappa shape index (κ2) is 8.46. The van der Waals surface area contributed by atoms with Crippen LogP contribution >= 0.6 is 11.6 Å². The number of amides is 1. The van der Waals surface area contributed by atoms with E-state index in [1.165, 1.54) is 0 Å². The predicted octanol–water partition coefficient (Wildman–Crippen LogP) is 2.75. The summed E-state index contributed by atoms with van der Waals surface area (Å²) in [4.78, 5) is 16.3. The number of aryl methyl sites for hydroxylation is 1. The van der Waals surface area contributed by atoms with Gasteiger partial charge < -0.3 is 14.8 Å². The monoisotopic (exact) mass is 326 g/mol. The van der Waals surface area contributed by atoms with Gasteiger partial charge in [-0.1, -0.05) is 11.6 Å². The highest BCUT2D eigenvalue weighted by atomic mass is 35.5. The number of hydrogen-bond acceptors (Lipinski definition) is 4. The molecule has 1 aromatic heterocycles. The molecule has 1 aliphatic rings. The Hall–Kier alpha value is -1.17. The maximum absolute atomic E-state index is 12.3. The molecule has 1 saturated carbocycles. The largest absolute Gasteiger partial charge is 0.382 e. The first-order valence-corrected chi connectivity index (χ1v) is 8.02. The van der Waals surface area contributed by atoms with Crippen LogP contribution in [0.25, 0.3) is 0 Å². The number of methoxy groups -OCH3 is 1. The van der Waals surface area contributed by atoms with Crippen molar-refractivity contribution >= 4 is 17.5 Å². The second-order valence-electron chi connectivity index (χ2n) is 5.63. The number of carbonyl (C=O) groups is 1. The standard InChI is InChI=1S/C16H23ClN2O3/c1-11-9-12(10-15(17)18-11)16(20)19-13-3-5-14(6-4-13)22-8-7-21-2/h9-10,13-14H,3-8H2,1-2H3,(H,19,20). The highest BCUT2D eigenvalue weighted by Crippen LogP contribution is 2.21.